The second-order valence-electron chi connectivity index (χ2n) is 6.94. The highest BCUT2D eigenvalue weighted by molar-refractivity contribution is 5.95. The number of carbonyl (C=O) groups excluding carboxylic acids is 1. The monoisotopic (exact) mass is 365 g/mol. The lowest BCUT2D eigenvalue weighted by Crippen LogP contribution is -2.34. The van der Waals surface area contributed by atoms with Gasteiger partial charge in [-0.15, -0.1) is 0 Å². The van der Waals surface area contributed by atoms with Gasteiger partial charge >= 0.3 is 5.97 Å². The second-order valence-corrected chi connectivity index (χ2v) is 6.94. The van der Waals surface area contributed by atoms with Gasteiger partial charge in [-0.2, -0.15) is 0 Å². The van der Waals surface area contributed by atoms with E-state index in [0.717, 1.165) is 16.3 Å². The van der Waals surface area contributed by atoms with Gasteiger partial charge in [0, 0.05) is 12.5 Å². The van der Waals surface area contributed by atoms with Gasteiger partial charge in [-0.1, -0.05) is 56.3 Å². The van der Waals surface area contributed by atoms with Gasteiger partial charge < -0.3 is 14.8 Å². The molecule has 5 nitrogen and oxygen atoms in total. The number of fused-ring (bicyclic) bond motifs is 1. The third-order valence-corrected chi connectivity index (χ3v) is 4.67. The summed E-state index contributed by atoms with van der Waals surface area (Å²) < 4.78 is 5.37. The predicted octanol–water partition coefficient (Wildman–Crippen LogP) is 4.23. The van der Waals surface area contributed by atoms with E-state index in [2.05, 4.69) is 5.32 Å². The van der Waals surface area contributed by atoms with Gasteiger partial charge in [0.2, 0.25) is 0 Å². The lowest BCUT2D eigenvalue weighted by molar-refractivity contribution is -0.141. The van der Waals surface area contributed by atoms with Gasteiger partial charge in [-0.3, -0.25) is 9.59 Å². The average Bonchev–Trinajstić information content (AvgIpc) is 3.15. The van der Waals surface area contributed by atoms with Crippen LogP contribution in [0.25, 0.3) is 10.8 Å². The SMILES string of the molecule is CC(C)c1occc1C(=O)NCC(Cc1cccc2ccccc12)C(=O)O. The Balaban J connectivity index is 1.74. The summed E-state index contributed by atoms with van der Waals surface area (Å²) in [5.74, 6) is -1.27. The minimum atomic E-state index is -0.931. The van der Waals surface area contributed by atoms with Crippen molar-refractivity contribution < 1.29 is 19.1 Å². The zero-order valence-corrected chi connectivity index (χ0v) is 15.4. The minimum Gasteiger partial charge on any atom is -0.481 e. The smallest absolute Gasteiger partial charge is 0.308 e. The van der Waals surface area contributed by atoms with Gasteiger partial charge in [0.15, 0.2) is 0 Å². The molecule has 0 bridgehead atoms. The predicted molar refractivity (Wildman–Crippen MR) is 104 cm³/mol. The summed E-state index contributed by atoms with van der Waals surface area (Å²) in [5.41, 5.74) is 1.42. The molecular weight excluding hydrogens is 342 g/mol. The molecule has 3 aromatic rings. The fraction of sp³-hybridized carbons (Fsp3) is 0.273. The summed E-state index contributed by atoms with van der Waals surface area (Å²) >= 11 is 0. The lowest BCUT2D eigenvalue weighted by atomic mass is 9.94. The molecule has 0 saturated carbocycles. The average molecular weight is 365 g/mol. The van der Waals surface area contributed by atoms with Gasteiger partial charge in [-0.25, -0.2) is 0 Å². The van der Waals surface area contributed by atoms with E-state index in [4.69, 9.17) is 4.42 Å². The first kappa shape index (κ1) is 18.7. The minimum absolute atomic E-state index is 0.0557. The lowest BCUT2D eigenvalue weighted by Gasteiger charge is -2.15. The first-order valence-corrected chi connectivity index (χ1v) is 9.02. The molecule has 140 valence electrons. The zero-order chi connectivity index (χ0) is 19.4. The molecular formula is C22H23NO4. The number of furan rings is 1. The Bertz CT molecular complexity index is 952. The van der Waals surface area contributed by atoms with Crippen molar-refractivity contribution in [3.05, 3.63) is 71.7 Å². The maximum Gasteiger partial charge on any atom is 0.308 e. The number of aliphatic carboxylic acids is 1. The van der Waals surface area contributed by atoms with Crippen molar-refractivity contribution in [2.24, 2.45) is 5.92 Å². The molecule has 5 heteroatoms. The number of rotatable bonds is 7. The molecule has 0 spiro atoms. The molecule has 1 atom stereocenters. The number of carbonyl (C=O) groups is 2. The van der Waals surface area contributed by atoms with Crippen LogP contribution in [0.4, 0.5) is 0 Å². The zero-order valence-electron chi connectivity index (χ0n) is 15.4. The molecule has 1 unspecified atom stereocenters. The molecule has 0 radical (unpaired) electrons. The molecule has 3 rings (SSSR count). The van der Waals surface area contributed by atoms with Gasteiger partial charge in [0.25, 0.3) is 5.91 Å². The number of benzene rings is 2. The van der Waals surface area contributed by atoms with Crippen LogP contribution in [-0.2, 0) is 11.2 Å². The molecule has 0 saturated heterocycles. The van der Waals surface area contributed by atoms with E-state index in [1.165, 1.54) is 6.26 Å². The number of nitrogens with one attached hydrogen (secondary N) is 1. The van der Waals surface area contributed by atoms with Crippen LogP contribution in [0.2, 0.25) is 0 Å². The topological polar surface area (TPSA) is 79.5 Å². The Morgan fingerprint density at radius 1 is 1.07 bits per heavy atom. The molecule has 0 fully saturated rings. The molecule has 1 aromatic heterocycles. The van der Waals surface area contributed by atoms with Gasteiger partial charge in [0.05, 0.1) is 17.7 Å². The quantitative estimate of drug-likeness (QED) is 0.657. The Kier molecular flexibility index (Phi) is 5.60. The Morgan fingerprint density at radius 2 is 1.81 bits per heavy atom. The standard InChI is InChI=1S/C22H23NO4/c1-14(2)20-19(10-11-27-20)21(24)23-13-17(22(25)26)12-16-8-5-7-15-6-3-4-9-18(15)16/h3-11,14,17H,12-13H2,1-2H3,(H,23,24)(H,25,26). The van der Waals surface area contributed by atoms with E-state index in [9.17, 15) is 14.7 Å². The van der Waals surface area contributed by atoms with Crippen molar-refractivity contribution in [3.63, 3.8) is 0 Å². The molecule has 0 aliphatic heterocycles. The number of amides is 1. The van der Waals surface area contributed by atoms with E-state index in [0.29, 0.717) is 17.7 Å². The van der Waals surface area contributed by atoms with Crippen molar-refractivity contribution >= 4 is 22.6 Å². The third kappa shape index (κ3) is 4.19. The highest BCUT2D eigenvalue weighted by atomic mass is 16.4. The van der Waals surface area contributed by atoms with E-state index in [-0.39, 0.29) is 18.4 Å². The summed E-state index contributed by atoms with van der Waals surface area (Å²) in [5, 5.41) is 14.5. The summed E-state index contributed by atoms with van der Waals surface area (Å²) in [7, 11) is 0. The third-order valence-electron chi connectivity index (χ3n) is 4.67. The van der Waals surface area contributed by atoms with Crippen LogP contribution in [0, 0.1) is 5.92 Å². The summed E-state index contributed by atoms with van der Waals surface area (Å²) in [6.45, 7) is 3.94. The van der Waals surface area contributed by atoms with Crippen molar-refractivity contribution in [2.75, 3.05) is 6.54 Å². The van der Waals surface area contributed by atoms with Crippen molar-refractivity contribution in [3.8, 4) is 0 Å². The van der Waals surface area contributed by atoms with E-state index < -0.39 is 11.9 Å². The number of carboxylic acids is 1. The summed E-state index contributed by atoms with van der Waals surface area (Å²) in [6.07, 6.45) is 1.83. The van der Waals surface area contributed by atoms with Crippen LogP contribution in [0.1, 0.15) is 41.4 Å². The first-order chi connectivity index (χ1) is 13.0. The highest BCUT2D eigenvalue weighted by Gasteiger charge is 2.22. The van der Waals surface area contributed by atoms with Gasteiger partial charge in [0.1, 0.15) is 5.76 Å². The summed E-state index contributed by atoms with van der Waals surface area (Å²) in [4.78, 5) is 24.2. The summed E-state index contributed by atoms with van der Waals surface area (Å²) in [6, 6.07) is 15.4. The van der Waals surface area contributed by atoms with E-state index in [1.54, 1.807) is 6.07 Å². The van der Waals surface area contributed by atoms with Crippen LogP contribution < -0.4 is 5.32 Å². The maximum atomic E-state index is 12.5. The number of hydrogen-bond donors (Lipinski definition) is 2. The van der Waals surface area contributed by atoms with Crippen molar-refractivity contribution in [2.45, 2.75) is 26.2 Å². The molecule has 0 aliphatic carbocycles. The molecule has 1 amide bonds. The van der Waals surface area contributed by atoms with Crippen LogP contribution >= 0.6 is 0 Å². The Labute approximate surface area is 158 Å². The first-order valence-electron chi connectivity index (χ1n) is 9.02. The number of carboxylic acid groups (broad SMARTS) is 1. The second kappa shape index (κ2) is 8.08. The normalized spacial score (nSPS) is 12.3. The Hall–Kier alpha value is -3.08. The van der Waals surface area contributed by atoms with Crippen LogP contribution in [-0.4, -0.2) is 23.5 Å². The van der Waals surface area contributed by atoms with Crippen molar-refractivity contribution in [1.82, 2.24) is 5.32 Å². The van der Waals surface area contributed by atoms with Gasteiger partial charge in [-0.05, 0) is 28.8 Å². The van der Waals surface area contributed by atoms with Crippen molar-refractivity contribution in [1.29, 1.82) is 0 Å². The Morgan fingerprint density at radius 3 is 2.56 bits per heavy atom. The van der Waals surface area contributed by atoms with E-state index in [1.807, 2.05) is 56.3 Å². The maximum absolute atomic E-state index is 12.5. The molecule has 27 heavy (non-hydrogen) atoms. The van der Waals surface area contributed by atoms with Crippen LogP contribution in [0.5, 0.6) is 0 Å². The molecule has 2 N–H and O–H groups in total. The fourth-order valence-corrected chi connectivity index (χ4v) is 3.25. The van der Waals surface area contributed by atoms with Crippen LogP contribution in [0.15, 0.2) is 59.2 Å². The molecule has 2 aromatic carbocycles. The largest absolute Gasteiger partial charge is 0.481 e. The number of hydrogen-bond acceptors (Lipinski definition) is 3. The molecule has 1 heterocycles. The molecule has 0 aliphatic rings. The van der Waals surface area contributed by atoms with Crippen LogP contribution in [0.3, 0.4) is 0 Å². The fourth-order valence-electron chi connectivity index (χ4n) is 3.25. The van der Waals surface area contributed by atoms with E-state index >= 15 is 0 Å². The highest BCUT2D eigenvalue weighted by Crippen LogP contribution is 2.22.